The Balaban J connectivity index is 2.07. The van der Waals surface area contributed by atoms with Crippen LogP contribution in [0.15, 0.2) is 35.4 Å². The maximum atomic E-state index is 6.07. The van der Waals surface area contributed by atoms with Gasteiger partial charge in [0.15, 0.2) is 0 Å². The zero-order chi connectivity index (χ0) is 11.5. The Hall–Kier alpha value is -1.13. The van der Waals surface area contributed by atoms with Gasteiger partial charge in [-0.3, -0.25) is 4.68 Å². The molecule has 3 nitrogen and oxygen atoms in total. The second-order valence-electron chi connectivity index (χ2n) is 3.46. The fourth-order valence-electron chi connectivity index (χ4n) is 1.32. The van der Waals surface area contributed by atoms with Crippen molar-refractivity contribution in [2.24, 2.45) is 7.05 Å². The number of thioether (sulfide) groups is 1. The number of hydrogen-bond acceptors (Lipinski definition) is 3. The lowest BCUT2D eigenvalue weighted by molar-refractivity contribution is 0.755. The van der Waals surface area contributed by atoms with Crippen LogP contribution in [0.1, 0.15) is 5.69 Å². The number of nitrogen functional groups attached to an aromatic ring is 1. The molecule has 2 rings (SSSR count). The highest BCUT2D eigenvalue weighted by Crippen LogP contribution is 2.30. The van der Waals surface area contributed by atoms with E-state index in [-0.39, 0.29) is 0 Å². The third-order valence-corrected chi connectivity index (χ3v) is 3.63. The predicted molar refractivity (Wildman–Crippen MR) is 68.6 cm³/mol. The number of halogens is 1. The number of aryl methyl sites for hydroxylation is 1. The average Bonchev–Trinajstić information content (AvgIpc) is 2.66. The molecule has 84 valence electrons. The van der Waals surface area contributed by atoms with Crippen LogP contribution in [-0.4, -0.2) is 9.78 Å². The minimum absolute atomic E-state index is 0.730. The highest BCUT2D eigenvalue weighted by atomic mass is 35.5. The van der Waals surface area contributed by atoms with Gasteiger partial charge in [0.2, 0.25) is 0 Å². The summed E-state index contributed by atoms with van der Waals surface area (Å²) in [5.74, 6) is 0.796. The van der Waals surface area contributed by atoms with E-state index in [1.54, 1.807) is 22.5 Å². The number of nitrogens with zero attached hydrogens (tertiary/aromatic N) is 2. The topological polar surface area (TPSA) is 43.8 Å². The molecule has 0 saturated carbocycles. The van der Waals surface area contributed by atoms with Crippen LogP contribution in [0.25, 0.3) is 0 Å². The largest absolute Gasteiger partial charge is 0.399 e. The van der Waals surface area contributed by atoms with Crippen LogP contribution in [-0.2, 0) is 12.8 Å². The fourth-order valence-corrected chi connectivity index (χ4v) is 2.49. The smallest absolute Gasteiger partial charge is 0.0727 e. The molecule has 0 unspecified atom stereocenters. The summed E-state index contributed by atoms with van der Waals surface area (Å²) in [4.78, 5) is 0.993. The fraction of sp³-hybridized carbons (Fsp3) is 0.182. The number of hydrogen-bond donors (Lipinski definition) is 1. The molecule has 1 aromatic carbocycles. The van der Waals surface area contributed by atoms with Crippen LogP contribution < -0.4 is 5.73 Å². The van der Waals surface area contributed by atoms with E-state index < -0.39 is 0 Å². The van der Waals surface area contributed by atoms with Crippen LogP contribution in [0, 0.1) is 0 Å². The van der Waals surface area contributed by atoms with Crippen molar-refractivity contribution in [2.45, 2.75) is 10.6 Å². The lowest BCUT2D eigenvalue weighted by atomic mass is 10.3. The van der Waals surface area contributed by atoms with Gasteiger partial charge < -0.3 is 5.73 Å². The Kier molecular flexibility index (Phi) is 3.41. The summed E-state index contributed by atoms with van der Waals surface area (Å²) in [6.07, 6.45) is 1.93. The minimum atomic E-state index is 0.730. The van der Waals surface area contributed by atoms with E-state index in [1.807, 2.05) is 31.4 Å². The van der Waals surface area contributed by atoms with Gasteiger partial charge in [0.25, 0.3) is 0 Å². The normalized spacial score (nSPS) is 10.6. The molecule has 0 aliphatic rings. The van der Waals surface area contributed by atoms with Gasteiger partial charge in [0, 0.05) is 29.6 Å². The summed E-state index contributed by atoms with van der Waals surface area (Å²) in [5.41, 5.74) is 7.47. The van der Waals surface area contributed by atoms with Crippen molar-refractivity contribution in [1.29, 1.82) is 0 Å². The highest BCUT2D eigenvalue weighted by molar-refractivity contribution is 7.98. The average molecular weight is 254 g/mol. The van der Waals surface area contributed by atoms with E-state index in [9.17, 15) is 0 Å². The second-order valence-corrected chi connectivity index (χ2v) is 4.88. The van der Waals surface area contributed by atoms with Gasteiger partial charge in [-0.1, -0.05) is 11.6 Å². The first-order valence-electron chi connectivity index (χ1n) is 4.81. The van der Waals surface area contributed by atoms with Crippen molar-refractivity contribution in [1.82, 2.24) is 9.78 Å². The van der Waals surface area contributed by atoms with Crippen LogP contribution >= 0.6 is 23.4 Å². The van der Waals surface area contributed by atoms with E-state index in [0.29, 0.717) is 0 Å². The minimum Gasteiger partial charge on any atom is -0.399 e. The molecule has 0 amide bonds. The molecule has 0 aliphatic heterocycles. The number of benzene rings is 1. The zero-order valence-corrected chi connectivity index (χ0v) is 10.4. The number of aromatic nitrogens is 2. The lowest BCUT2D eigenvalue weighted by Crippen LogP contribution is -1.90. The van der Waals surface area contributed by atoms with Crippen molar-refractivity contribution in [3.63, 3.8) is 0 Å². The molecule has 0 radical (unpaired) electrons. The Morgan fingerprint density at radius 3 is 2.94 bits per heavy atom. The third-order valence-electron chi connectivity index (χ3n) is 2.10. The van der Waals surface area contributed by atoms with Crippen LogP contribution in [0.5, 0.6) is 0 Å². The van der Waals surface area contributed by atoms with Gasteiger partial charge in [-0.05, 0) is 24.3 Å². The van der Waals surface area contributed by atoms with Gasteiger partial charge in [0.1, 0.15) is 0 Å². The molecule has 16 heavy (non-hydrogen) atoms. The first-order chi connectivity index (χ1) is 7.65. The van der Waals surface area contributed by atoms with Gasteiger partial charge in [0.05, 0.1) is 10.7 Å². The molecule has 0 aliphatic carbocycles. The maximum Gasteiger partial charge on any atom is 0.0727 e. The van der Waals surface area contributed by atoms with Crippen molar-refractivity contribution in [2.75, 3.05) is 5.73 Å². The summed E-state index contributed by atoms with van der Waals surface area (Å²) >= 11 is 7.71. The number of nitrogens with two attached hydrogens (primary N) is 1. The lowest BCUT2D eigenvalue weighted by Gasteiger charge is -2.03. The van der Waals surface area contributed by atoms with Crippen LogP contribution in [0.3, 0.4) is 0 Å². The van der Waals surface area contributed by atoms with Gasteiger partial charge in [-0.15, -0.1) is 11.8 Å². The highest BCUT2D eigenvalue weighted by Gasteiger charge is 2.03. The Bertz CT molecular complexity index is 496. The molecule has 1 aromatic heterocycles. The van der Waals surface area contributed by atoms with Crippen LogP contribution in [0.2, 0.25) is 5.02 Å². The molecular weight excluding hydrogens is 242 g/mol. The first kappa shape index (κ1) is 11.4. The Labute approximate surface area is 104 Å². The molecule has 2 aromatic rings. The maximum absolute atomic E-state index is 6.07. The van der Waals surface area contributed by atoms with E-state index in [0.717, 1.165) is 27.1 Å². The van der Waals surface area contributed by atoms with Crippen LogP contribution in [0.4, 0.5) is 5.69 Å². The van der Waals surface area contributed by atoms with Crippen molar-refractivity contribution in [3.05, 3.63) is 41.2 Å². The monoisotopic (exact) mass is 253 g/mol. The molecule has 0 atom stereocenters. The molecule has 0 spiro atoms. The van der Waals surface area contributed by atoms with E-state index in [2.05, 4.69) is 5.10 Å². The summed E-state index contributed by atoms with van der Waals surface area (Å²) in [6, 6.07) is 7.49. The van der Waals surface area contributed by atoms with Gasteiger partial charge in [-0.25, -0.2) is 0 Å². The van der Waals surface area contributed by atoms with Crippen molar-refractivity contribution < 1.29 is 0 Å². The standard InChI is InChI=1S/C11H12ClN3S/c1-15-5-4-9(14-15)7-16-11-6-8(13)2-3-10(11)12/h2-6H,7,13H2,1H3. The Morgan fingerprint density at radius 1 is 1.44 bits per heavy atom. The molecule has 2 N–H and O–H groups in total. The van der Waals surface area contributed by atoms with Crippen molar-refractivity contribution in [3.8, 4) is 0 Å². The van der Waals surface area contributed by atoms with E-state index in [4.69, 9.17) is 17.3 Å². The molecule has 1 heterocycles. The molecule has 0 saturated heterocycles. The quantitative estimate of drug-likeness (QED) is 0.676. The predicted octanol–water partition coefficient (Wildman–Crippen LogP) is 2.95. The second kappa shape index (κ2) is 4.80. The Morgan fingerprint density at radius 2 is 2.25 bits per heavy atom. The molecule has 0 fully saturated rings. The summed E-state index contributed by atoms with van der Waals surface area (Å²) in [7, 11) is 1.90. The van der Waals surface area contributed by atoms with Crippen molar-refractivity contribution >= 4 is 29.1 Å². The number of anilines is 1. The molecule has 5 heteroatoms. The van der Waals surface area contributed by atoms with E-state index >= 15 is 0 Å². The third kappa shape index (κ3) is 2.71. The van der Waals surface area contributed by atoms with Gasteiger partial charge in [-0.2, -0.15) is 5.10 Å². The van der Waals surface area contributed by atoms with Gasteiger partial charge >= 0.3 is 0 Å². The summed E-state index contributed by atoms with van der Waals surface area (Å²) in [5, 5.41) is 5.03. The first-order valence-corrected chi connectivity index (χ1v) is 6.18. The summed E-state index contributed by atoms with van der Waals surface area (Å²) in [6.45, 7) is 0. The van der Waals surface area contributed by atoms with E-state index in [1.165, 1.54) is 0 Å². The summed E-state index contributed by atoms with van der Waals surface area (Å²) < 4.78 is 1.79. The zero-order valence-electron chi connectivity index (χ0n) is 8.85. The number of rotatable bonds is 3. The SMILES string of the molecule is Cn1ccc(CSc2cc(N)ccc2Cl)n1. The molecule has 0 bridgehead atoms. The molecular formula is C11H12ClN3S.